The summed E-state index contributed by atoms with van der Waals surface area (Å²) in [5.41, 5.74) is 0.945. The molecule has 3 nitrogen and oxygen atoms in total. The van der Waals surface area contributed by atoms with Gasteiger partial charge < -0.3 is 10.0 Å². The first-order valence-electron chi connectivity index (χ1n) is 8.13. The Bertz CT molecular complexity index is 466. The van der Waals surface area contributed by atoms with E-state index in [1.807, 2.05) is 12.1 Å². The van der Waals surface area contributed by atoms with Gasteiger partial charge in [0.2, 0.25) is 0 Å². The summed E-state index contributed by atoms with van der Waals surface area (Å²) in [4.78, 5) is 5.06. The van der Waals surface area contributed by atoms with E-state index in [4.69, 9.17) is 11.6 Å². The zero-order chi connectivity index (χ0) is 14.7. The van der Waals surface area contributed by atoms with Crippen molar-refractivity contribution in [2.45, 2.75) is 32.2 Å². The zero-order valence-electron chi connectivity index (χ0n) is 12.6. The van der Waals surface area contributed by atoms with Crippen molar-refractivity contribution in [3.05, 3.63) is 28.8 Å². The lowest BCUT2D eigenvalue weighted by Crippen LogP contribution is -2.37. The minimum atomic E-state index is 0.248. The highest BCUT2D eigenvalue weighted by Gasteiger charge is 2.23. The summed E-state index contributed by atoms with van der Waals surface area (Å²) < 4.78 is 0. The first-order chi connectivity index (χ1) is 10.2. The number of phenols is 1. The minimum absolute atomic E-state index is 0.248. The van der Waals surface area contributed by atoms with Gasteiger partial charge in [-0.25, -0.2) is 0 Å². The Morgan fingerprint density at radius 2 is 1.76 bits per heavy atom. The molecule has 116 valence electrons. The fraction of sp³-hybridized carbons (Fsp3) is 0.647. The molecule has 4 heteroatoms. The van der Waals surface area contributed by atoms with Gasteiger partial charge in [0, 0.05) is 18.7 Å². The molecule has 0 bridgehead atoms. The van der Waals surface area contributed by atoms with Crippen LogP contribution in [-0.4, -0.2) is 47.6 Å². The van der Waals surface area contributed by atoms with Crippen LogP contribution in [0.2, 0.25) is 5.02 Å². The standard InChI is InChI=1S/C17H25ClN2O/c18-16-5-3-4-15(17(16)21)13-20-10-6-14(7-11-20)12-19-8-1-2-9-19/h3-5,14,21H,1-2,6-13H2. The number of likely N-dealkylation sites (tertiary alicyclic amines) is 2. The van der Waals surface area contributed by atoms with Crippen LogP contribution in [0.4, 0.5) is 0 Å². The zero-order valence-corrected chi connectivity index (χ0v) is 13.4. The number of hydrogen-bond acceptors (Lipinski definition) is 3. The third kappa shape index (κ3) is 3.91. The minimum Gasteiger partial charge on any atom is -0.506 e. The second-order valence-electron chi connectivity index (χ2n) is 6.47. The van der Waals surface area contributed by atoms with Crippen molar-refractivity contribution in [3.63, 3.8) is 0 Å². The first kappa shape index (κ1) is 15.1. The van der Waals surface area contributed by atoms with Gasteiger partial charge in [0.25, 0.3) is 0 Å². The van der Waals surface area contributed by atoms with Crippen LogP contribution in [0, 0.1) is 5.92 Å². The molecular formula is C17H25ClN2O. The molecule has 2 aliphatic heterocycles. The van der Waals surface area contributed by atoms with Crippen molar-refractivity contribution in [2.75, 3.05) is 32.7 Å². The lowest BCUT2D eigenvalue weighted by Gasteiger charge is -2.34. The second kappa shape index (κ2) is 6.99. The number of phenolic OH excluding ortho intramolecular Hbond substituents is 1. The number of para-hydroxylation sites is 1. The second-order valence-corrected chi connectivity index (χ2v) is 6.88. The fourth-order valence-corrected chi connectivity index (χ4v) is 3.78. The Morgan fingerprint density at radius 1 is 1.05 bits per heavy atom. The third-order valence-corrected chi connectivity index (χ3v) is 5.19. The van der Waals surface area contributed by atoms with Crippen LogP contribution in [0.25, 0.3) is 0 Å². The number of halogens is 1. The number of benzene rings is 1. The van der Waals surface area contributed by atoms with Crippen molar-refractivity contribution in [2.24, 2.45) is 5.92 Å². The highest BCUT2D eigenvalue weighted by molar-refractivity contribution is 6.32. The van der Waals surface area contributed by atoms with Gasteiger partial charge in [-0.2, -0.15) is 0 Å². The molecule has 1 aromatic rings. The lowest BCUT2D eigenvalue weighted by atomic mass is 9.96. The maximum Gasteiger partial charge on any atom is 0.138 e. The maximum atomic E-state index is 10.0. The first-order valence-corrected chi connectivity index (χ1v) is 8.51. The normalized spacial score (nSPS) is 22.0. The van der Waals surface area contributed by atoms with Crippen molar-refractivity contribution >= 4 is 11.6 Å². The molecule has 2 heterocycles. The summed E-state index contributed by atoms with van der Waals surface area (Å²) in [6, 6.07) is 5.62. The molecule has 0 atom stereocenters. The molecule has 0 aliphatic carbocycles. The Hall–Kier alpha value is -0.770. The van der Waals surface area contributed by atoms with E-state index in [-0.39, 0.29) is 5.75 Å². The quantitative estimate of drug-likeness (QED) is 0.924. The molecule has 1 aromatic carbocycles. The molecule has 0 radical (unpaired) electrons. The lowest BCUT2D eigenvalue weighted by molar-refractivity contribution is 0.148. The molecule has 2 aliphatic rings. The Labute approximate surface area is 132 Å². The average molecular weight is 309 g/mol. The van der Waals surface area contributed by atoms with Crippen LogP contribution in [-0.2, 0) is 6.54 Å². The van der Waals surface area contributed by atoms with Crippen molar-refractivity contribution in [1.29, 1.82) is 0 Å². The van der Waals surface area contributed by atoms with Gasteiger partial charge in [-0.1, -0.05) is 23.7 Å². The van der Waals surface area contributed by atoms with E-state index in [0.717, 1.165) is 31.1 Å². The smallest absolute Gasteiger partial charge is 0.138 e. The predicted octanol–water partition coefficient (Wildman–Crippen LogP) is 3.35. The number of aromatic hydroxyl groups is 1. The summed E-state index contributed by atoms with van der Waals surface area (Å²) >= 11 is 5.98. The van der Waals surface area contributed by atoms with E-state index in [1.165, 1.54) is 45.3 Å². The Balaban J connectivity index is 1.48. The van der Waals surface area contributed by atoms with Crippen LogP contribution < -0.4 is 0 Å². The van der Waals surface area contributed by atoms with E-state index < -0.39 is 0 Å². The van der Waals surface area contributed by atoms with Gasteiger partial charge in [-0.3, -0.25) is 4.90 Å². The van der Waals surface area contributed by atoms with E-state index >= 15 is 0 Å². The van der Waals surface area contributed by atoms with Crippen molar-refractivity contribution in [3.8, 4) is 5.75 Å². The molecule has 1 N–H and O–H groups in total. The number of hydrogen-bond donors (Lipinski definition) is 1. The number of nitrogens with zero attached hydrogens (tertiary/aromatic N) is 2. The van der Waals surface area contributed by atoms with Crippen LogP contribution in [0.1, 0.15) is 31.2 Å². The molecule has 0 spiro atoms. The Morgan fingerprint density at radius 3 is 2.48 bits per heavy atom. The molecule has 0 aromatic heterocycles. The molecular weight excluding hydrogens is 284 g/mol. The van der Waals surface area contributed by atoms with Gasteiger partial charge >= 0.3 is 0 Å². The maximum absolute atomic E-state index is 10.0. The average Bonchev–Trinajstić information content (AvgIpc) is 2.99. The van der Waals surface area contributed by atoms with Gasteiger partial charge in [0.1, 0.15) is 5.75 Å². The topological polar surface area (TPSA) is 26.7 Å². The highest BCUT2D eigenvalue weighted by Crippen LogP contribution is 2.29. The fourth-order valence-electron chi connectivity index (χ4n) is 3.59. The summed E-state index contributed by atoms with van der Waals surface area (Å²) in [5, 5.41) is 10.5. The molecule has 0 saturated carbocycles. The SMILES string of the molecule is Oc1c(Cl)cccc1CN1CCC(CN2CCCC2)CC1. The molecule has 21 heavy (non-hydrogen) atoms. The summed E-state index contributed by atoms with van der Waals surface area (Å²) in [6.07, 6.45) is 5.31. The van der Waals surface area contributed by atoms with Crippen LogP contribution in [0.5, 0.6) is 5.75 Å². The molecule has 0 unspecified atom stereocenters. The van der Waals surface area contributed by atoms with E-state index in [9.17, 15) is 5.11 Å². The highest BCUT2D eigenvalue weighted by atomic mass is 35.5. The van der Waals surface area contributed by atoms with E-state index in [0.29, 0.717) is 5.02 Å². The third-order valence-electron chi connectivity index (χ3n) is 4.89. The molecule has 2 fully saturated rings. The predicted molar refractivity (Wildman–Crippen MR) is 86.8 cm³/mol. The van der Waals surface area contributed by atoms with Gasteiger partial charge in [0.05, 0.1) is 5.02 Å². The molecule has 0 amide bonds. The van der Waals surface area contributed by atoms with Crippen LogP contribution in [0.3, 0.4) is 0 Å². The van der Waals surface area contributed by atoms with E-state index in [2.05, 4.69) is 9.80 Å². The van der Waals surface area contributed by atoms with Gasteiger partial charge in [0.15, 0.2) is 0 Å². The Kier molecular flexibility index (Phi) is 5.04. The number of piperidine rings is 1. The molecule has 2 saturated heterocycles. The van der Waals surface area contributed by atoms with Crippen molar-refractivity contribution in [1.82, 2.24) is 9.80 Å². The molecule has 3 rings (SSSR count). The summed E-state index contributed by atoms with van der Waals surface area (Å²) in [6.45, 7) is 6.96. The van der Waals surface area contributed by atoms with E-state index in [1.54, 1.807) is 6.07 Å². The van der Waals surface area contributed by atoms with Gasteiger partial charge in [-0.15, -0.1) is 0 Å². The van der Waals surface area contributed by atoms with Crippen LogP contribution >= 0.6 is 11.6 Å². The summed E-state index contributed by atoms with van der Waals surface area (Å²) in [5.74, 6) is 1.10. The largest absolute Gasteiger partial charge is 0.506 e. The van der Waals surface area contributed by atoms with Crippen molar-refractivity contribution < 1.29 is 5.11 Å². The summed E-state index contributed by atoms with van der Waals surface area (Å²) in [7, 11) is 0. The number of rotatable bonds is 4. The van der Waals surface area contributed by atoms with Gasteiger partial charge in [-0.05, 0) is 63.8 Å². The monoisotopic (exact) mass is 308 g/mol. The van der Waals surface area contributed by atoms with Crippen LogP contribution in [0.15, 0.2) is 18.2 Å².